The zero-order valence-electron chi connectivity index (χ0n) is 13.0. The van der Waals surface area contributed by atoms with Crippen molar-refractivity contribution in [1.29, 1.82) is 0 Å². The van der Waals surface area contributed by atoms with E-state index < -0.39 is 0 Å². The van der Waals surface area contributed by atoms with Crippen LogP contribution < -0.4 is 0 Å². The van der Waals surface area contributed by atoms with E-state index in [0.29, 0.717) is 0 Å². The van der Waals surface area contributed by atoms with Gasteiger partial charge in [0.1, 0.15) is 5.52 Å². The minimum atomic E-state index is 0.723. The van der Waals surface area contributed by atoms with Crippen LogP contribution in [0, 0.1) is 6.92 Å². The predicted octanol–water partition coefficient (Wildman–Crippen LogP) is 4.32. The van der Waals surface area contributed by atoms with Gasteiger partial charge in [0.25, 0.3) is 0 Å². The zero-order valence-corrected chi connectivity index (χ0v) is 13.0. The molecule has 0 bridgehead atoms. The van der Waals surface area contributed by atoms with Crippen LogP contribution in [0.4, 0.5) is 0 Å². The molecular formula is C18H19N3O. The molecule has 3 rings (SSSR count). The number of benzene rings is 1. The van der Waals surface area contributed by atoms with Crippen molar-refractivity contribution in [3.63, 3.8) is 0 Å². The lowest BCUT2D eigenvalue weighted by atomic mass is 10.2. The molecule has 0 fully saturated rings. The smallest absolute Gasteiger partial charge is 0.192 e. The summed E-state index contributed by atoms with van der Waals surface area (Å²) >= 11 is 0. The van der Waals surface area contributed by atoms with Crippen LogP contribution in [-0.2, 0) is 0 Å². The van der Waals surface area contributed by atoms with E-state index in [4.69, 9.17) is 4.42 Å². The summed E-state index contributed by atoms with van der Waals surface area (Å²) in [5.41, 5.74) is 3.81. The standard InChI is InChI=1S/C10H12N2.C8H7NO/c1-3-9(8-11-2)10-6-4-5-7-12-10;1-6-9-7-4-2-3-5-8(7)10-6/h3-8H,1-2H3;2-5H,1H3/b9-3+,11-8?;. The van der Waals surface area contributed by atoms with Gasteiger partial charge in [-0.15, -0.1) is 0 Å². The minimum Gasteiger partial charge on any atom is -0.441 e. The largest absolute Gasteiger partial charge is 0.441 e. The topological polar surface area (TPSA) is 51.3 Å². The average Bonchev–Trinajstić information content (AvgIpc) is 2.94. The summed E-state index contributed by atoms with van der Waals surface area (Å²) in [5.74, 6) is 0.723. The van der Waals surface area contributed by atoms with Crippen molar-refractivity contribution in [2.75, 3.05) is 7.05 Å². The Morgan fingerprint density at radius 3 is 2.55 bits per heavy atom. The van der Waals surface area contributed by atoms with Gasteiger partial charge in [0, 0.05) is 32.0 Å². The number of aliphatic imine (C=N–C) groups is 1. The molecule has 0 unspecified atom stereocenters. The van der Waals surface area contributed by atoms with E-state index in [0.717, 1.165) is 28.3 Å². The van der Waals surface area contributed by atoms with Gasteiger partial charge in [0.15, 0.2) is 11.5 Å². The summed E-state index contributed by atoms with van der Waals surface area (Å²) in [6, 6.07) is 13.6. The van der Waals surface area contributed by atoms with E-state index in [9.17, 15) is 0 Å². The van der Waals surface area contributed by atoms with Crippen molar-refractivity contribution < 1.29 is 4.42 Å². The van der Waals surface area contributed by atoms with E-state index >= 15 is 0 Å². The van der Waals surface area contributed by atoms with E-state index in [1.807, 2.05) is 68.6 Å². The molecule has 0 atom stereocenters. The van der Waals surface area contributed by atoms with Crippen LogP contribution in [0.2, 0.25) is 0 Å². The molecule has 4 nitrogen and oxygen atoms in total. The van der Waals surface area contributed by atoms with Crippen LogP contribution in [0.3, 0.4) is 0 Å². The van der Waals surface area contributed by atoms with E-state index in [1.165, 1.54) is 0 Å². The van der Waals surface area contributed by atoms with Crippen molar-refractivity contribution in [2.24, 2.45) is 4.99 Å². The quantitative estimate of drug-likeness (QED) is 0.661. The Bertz CT molecular complexity index is 740. The third-order valence-corrected chi connectivity index (χ3v) is 2.94. The molecule has 0 saturated carbocycles. The fourth-order valence-corrected chi connectivity index (χ4v) is 1.95. The van der Waals surface area contributed by atoms with Crippen molar-refractivity contribution in [1.82, 2.24) is 9.97 Å². The molecule has 0 amide bonds. The summed E-state index contributed by atoms with van der Waals surface area (Å²) in [6.07, 6.45) is 5.58. The number of rotatable bonds is 2. The second-order valence-electron chi connectivity index (χ2n) is 4.55. The summed E-state index contributed by atoms with van der Waals surface area (Å²) in [4.78, 5) is 12.3. The Morgan fingerprint density at radius 1 is 1.14 bits per heavy atom. The second-order valence-corrected chi connectivity index (χ2v) is 4.55. The molecule has 3 aromatic rings. The van der Waals surface area contributed by atoms with Gasteiger partial charge >= 0.3 is 0 Å². The van der Waals surface area contributed by atoms with Gasteiger partial charge in [-0.2, -0.15) is 0 Å². The highest BCUT2D eigenvalue weighted by molar-refractivity contribution is 6.08. The molecule has 4 heteroatoms. The Balaban J connectivity index is 0.000000162. The summed E-state index contributed by atoms with van der Waals surface area (Å²) in [5, 5.41) is 0. The first-order chi connectivity index (χ1) is 10.7. The second kappa shape index (κ2) is 7.88. The van der Waals surface area contributed by atoms with Crippen LogP contribution in [0.15, 0.2) is 64.1 Å². The Labute approximate surface area is 130 Å². The normalized spacial score (nSPS) is 11.5. The summed E-state index contributed by atoms with van der Waals surface area (Å²) in [6.45, 7) is 3.83. The maximum absolute atomic E-state index is 5.26. The molecule has 0 saturated heterocycles. The fourth-order valence-electron chi connectivity index (χ4n) is 1.95. The van der Waals surface area contributed by atoms with Crippen LogP contribution >= 0.6 is 0 Å². The number of oxazole rings is 1. The zero-order chi connectivity index (χ0) is 15.8. The third-order valence-electron chi connectivity index (χ3n) is 2.94. The number of hydrogen-bond donors (Lipinski definition) is 0. The summed E-state index contributed by atoms with van der Waals surface area (Å²) < 4.78 is 5.26. The van der Waals surface area contributed by atoms with Crippen LogP contribution in [0.5, 0.6) is 0 Å². The van der Waals surface area contributed by atoms with Crippen molar-refractivity contribution in [2.45, 2.75) is 13.8 Å². The lowest BCUT2D eigenvalue weighted by molar-refractivity contribution is 0.561. The lowest BCUT2D eigenvalue weighted by Gasteiger charge is -1.97. The number of para-hydroxylation sites is 2. The maximum atomic E-state index is 5.26. The molecule has 0 N–H and O–H groups in total. The molecule has 22 heavy (non-hydrogen) atoms. The average molecular weight is 293 g/mol. The van der Waals surface area contributed by atoms with Gasteiger partial charge in [0.05, 0.1) is 5.69 Å². The first-order valence-electron chi connectivity index (χ1n) is 7.06. The van der Waals surface area contributed by atoms with Gasteiger partial charge in [-0.05, 0) is 31.2 Å². The number of pyridine rings is 1. The number of hydrogen-bond acceptors (Lipinski definition) is 4. The van der Waals surface area contributed by atoms with Crippen molar-refractivity contribution >= 4 is 22.9 Å². The Morgan fingerprint density at radius 2 is 1.91 bits per heavy atom. The molecule has 0 aliphatic heterocycles. The van der Waals surface area contributed by atoms with Gasteiger partial charge in [-0.1, -0.05) is 24.3 Å². The van der Waals surface area contributed by atoms with Crippen molar-refractivity contribution in [3.05, 3.63) is 66.3 Å². The highest BCUT2D eigenvalue weighted by Crippen LogP contribution is 2.13. The SMILES string of the molecule is C/C=C(\C=NC)c1ccccn1.Cc1nc2ccccc2o1. The molecule has 0 spiro atoms. The first kappa shape index (κ1) is 15.6. The number of aromatic nitrogens is 2. The van der Waals surface area contributed by atoms with Gasteiger partial charge < -0.3 is 4.42 Å². The molecule has 1 aromatic carbocycles. The van der Waals surface area contributed by atoms with E-state index in [-0.39, 0.29) is 0 Å². The van der Waals surface area contributed by atoms with Crippen LogP contribution in [-0.4, -0.2) is 23.2 Å². The van der Waals surface area contributed by atoms with Crippen LogP contribution in [0.25, 0.3) is 16.7 Å². The Kier molecular flexibility index (Phi) is 5.60. The molecule has 2 aromatic heterocycles. The van der Waals surface area contributed by atoms with E-state index in [2.05, 4.69) is 15.0 Å². The highest BCUT2D eigenvalue weighted by atomic mass is 16.3. The van der Waals surface area contributed by atoms with Crippen LogP contribution in [0.1, 0.15) is 18.5 Å². The molecular weight excluding hydrogens is 274 g/mol. The molecule has 2 heterocycles. The van der Waals surface area contributed by atoms with Gasteiger partial charge in [-0.3, -0.25) is 9.98 Å². The van der Waals surface area contributed by atoms with Crippen molar-refractivity contribution in [3.8, 4) is 0 Å². The lowest BCUT2D eigenvalue weighted by Crippen LogP contribution is -1.88. The Hall–Kier alpha value is -2.75. The highest BCUT2D eigenvalue weighted by Gasteiger charge is 1.97. The molecule has 0 aliphatic rings. The number of allylic oxidation sites excluding steroid dienone is 2. The molecule has 0 radical (unpaired) electrons. The minimum absolute atomic E-state index is 0.723. The number of fused-ring (bicyclic) bond motifs is 1. The number of nitrogens with zero attached hydrogens (tertiary/aromatic N) is 3. The van der Waals surface area contributed by atoms with Gasteiger partial charge in [0.2, 0.25) is 0 Å². The fraction of sp³-hybridized carbons (Fsp3) is 0.167. The monoisotopic (exact) mass is 293 g/mol. The van der Waals surface area contributed by atoms with E-state index in [1.54, 1.807) is 13.2 Å². The third kappa shape index (κ3) is 4.12. The maximum Gasteiger partial charge on any atom is 0.192 e. The van der Waals surface area contributed by atoms with Gasteiger partial charge in [-0.25, -0.2) is 4.98 Å². The first-order valence-corrected chi connectivity index (χ1v) is 7.06. The summed E-state index contributed by atoms with van der Waals surface area (Å²) in [7, 11) is 1.76. The molecule has 0 aliphatic carbocycles. The number of aryl methyl sites for hydroxylation is 1. The predicted molar refractivity (Wildman–Crippen MR) is 91.1 cm³/mol. The molecule has 112 valence electrons.